The van der Waals surface area contributed by atoms with Gasteiger partial charge in [-0.3, -0.25) is 0 Å². The molecular weight excluding hydrogens is 524 g/mol. The van der Waals surface area contributed by atoms with E-state index in [0.29, 0.717) is 30.7 Å². The van der Waals surface area contributed by atoms with Crippen molar-refractivity contribution in [1.29, 1.82) is 0 Å². The van der Waals surface area contributed by atoms with Gasteiger partial charge in [-0.05, 0) is 49.2 Å². The topological polar surface area (TPSA) is 84.6 Å². The molecule has 2 heterocycles. The molecule has 0 aliphatic rings. The fourth-order valence-corrected chi connectivity index (χ4v) is 3.05. The second-order valence-electron chi connectivity index (χ2n) is 6.85. The van der Waals surface area contributed by atoms with Crippen LogP contribution in [0.2, 0.25) is 0 Å². The monoisotopic (exact) mass is 553 g/mol. The first-order valence-corrected chi connectivity index (χ1v) is 10.5. The predicted octanol–water partition coefficient (Wildman–Crippen LogP) is 5.00. The molecule has 0 amide bonds. The first-order chi connectivity index (χ1) is 15.1. The van der Waals surface area contributed by atoms with E-state index in [9.17, 15) is 4.39 Å². The Bertz CT molecular complexity index is 986. The Hall–Kier alpha value is -2.69. The molecule has 9 heteroatoms. The number of guanidine groups is 1. The van der Waals surface area contributed by atoms with Gasteiger partial charge in [0.25, 0.3) is 0 Å². The van der Waals surface area contributed by atoms with Crippen molar-refractivity contribution in [1.82, 2.24) is 20.8 Å². The van der Waals surface area contributed by atoms with Gasteiger partial charge in [-0.25, -0.2) is 14.4 Å². The average Bonchev–Trinajstić information content (AvgIpc) is 3.19. The number of rotatable bonds is 9. The van der Waals surface area contributed by atoms with Gasteiger partial charge >= 0.3 is 0 Å². The molecule has 7 nitrogen and oxygen atoms in total. The van der Waals surface area contributed by atoms with Gasteiger partial charge in [-0.2, -0.15) is 0 Å². The molecule has 32 heavy (non-hydrogen) atoms. The summed E-state index contributed by atoms with van der Waals surface area (Å²) in [5, 5.41) is 10.8. The number of nitrogens with zero attached hydrogens (tertiary/aromatic N) is 3. The van der Waals surface area contributed by atoms with Crippen LogP contribution in [0, 0.1) is 5.82 Å². The SMILES string of the molecule is CCNC(=NCc1ccnc(Oc2ccc(F)cc2)c1)NCc1c(CC)noc1CC.I. The van der Waals surface area contributed by atoms with Crippen molar-refractivity contribution in [2.24, 2.45) is 4.99 Å². The van der Waals surface area contributed by atoms with Crippen molar-refractivity contribution in [2.45, 2.75) is 46.7 Å². The van der Waals surface area contributed by atoms with Crippen LogP contribution in [0.5, 0.6) is 11.6 Å². The largest absolute Gasteiger partial charge is 0.439 e. The number of ether oxygens (including phenoxy) is 1. The zero-order chi connectivity index (χ0) is 22.1. The zero-order valence-electron chi connectivity index (χ0n) is 18.5. The van der Waals surface area contributed by atoms with E-state index in [-0.39, 0.29) is 29.8 Å². The lowest BCUT2D eigenvalue weighted by Crippen LogP contribution is -2.37. The van der Waals surface area contributed by atoms with Crippen LogP contribution < -0.4 is 15.4 Å². The number of pyridine rings is 1. The third-order valence-corrected chi connectivity index (χ3v) is 4.64. The van der Waals surface area contributed by atoms with Crippen LogP contribution in [0.3, 0.4) is 0 Å². The second-order valence-corrected chi connectivity index (χ2v) is 6.85. The number of aliphatic imine (C=N–C) groups is 1. The van der Waals surface area contributed by atoms with E-state index in [1.165, 1.54) is 12.1 Å². The first-order valence-electron chi connectivity index (χ1n) is 10.5. The highest BCUT2D eigenvalue weighted by Gasteiger charge is 2.13. The van der Waals surface area contributed by atoms with Crippen LogP contribution in [-0.2, 0) is 25.9 Å². The highest BCUT2D eigenvalue weighted by molar-refractivity contribution is 14.0. The molecule has 2 N–H and O–H groups in total. The van der Waals surface area contributed by atoms with Crippen LogP contribution >= 0.6 is 24.0 Å². The zero-order valence-corrected chi connectivity index (χ0v) is 20.9. The van der Waals surface area contributed by atoms with E-state index in [1.54, 1.807) is 18.3 Å². The standard InChI is InChI=1S/C23H28FN5O2.HI/c1-4-20-19(21(5-2)31-29-20)15-28-23(25-6-3)27-14-16-11-12-26-22(13-16)30-18-9-7-17(24)8-10-18;/h7-13H,4-6,14-15H2,1-3H3,(H2,25,27,28);1H. The summed E-state index contributed by atoms with van der Waals surface area (Å²) >= 11 is 0. The fraction of sp³-hybridized carbons (Fsp3) is 0.348. The second kappa shape index (κ2) is 13.0. The van der Waals surface area contributed by atoms with E-state index in [1.807, 2.05) is 19.1 Å². The first kappa shape index (κ1) is 25.6. The Morgan fingerprint density at radius 1 is 1.09 bits per heavy atom. The van der Waals surface area contributed by atoms with E-state index in [4.69, 9.17) is 9.26 Å². The quantitative estimate of drug-likeness (QED) is 0.221. The number of nitrogens with one attached hydrogen (secondary N) is 2. The molecule has 3 rings (SSSR count). The number of aromatic nitrogens is 2. The molecule has 0 aliphatic heterocycles. The van der Waals surface area contributed by atoms with E-state index < -0.39 is 0 Å². The highest BCUT2D eigenvalue weighted by Crippen LogP contribution is 2.20. The Morgan fingerprint density at radius 3 is 2.56 bits per heavy atom. The molecule has 0 aliphatic carbocycles. The molecule has 0 fully saturated rings. The molecule has 0 atom stereocenters. The molecule has 0 saturated carbocycles. The summed E-state index contributed by atoms with van der Waals surface area (Å²) in [6, 6.07) is 9.53. The predicted molar refractivity (Wildman–Crippen MR) is 133 cm³/mol. The Kier molecular flexibility index (Phi) is 10.4. The number of aryl methyl sites for hydroxylation is 2. The minimum absolute atomic E-state index is 0. The third-order valence-electron chi connectivity index (χ3n) is 4.64. The van der Waals surface area contributed by atoms with Gasteiger partial charge in [0.15, 0.2) is 5.96 Å². The summed E-state index contributed by atoms with van der Waals surface area (Å²) in [5.41, 5.74) is 3.00. The Morgan fingerprint density at radius 2 is 1.88 bits per heavy atom. The van der Waals surface area contributed by atoms with Gasteiger partial charge in [0.05, 0.1) is 12.2 Å². The maximum Gasteiger partial charge on any atom is 0.219 e. The van der Waals surface area contributed by atoms with E-state index >= 15 is 0 Å². The van der Waals surface area contributed by atoms with Gasteiger partial charge in [-0.15, -0.1) is 24.0 Å². The van der Waals surface area contributed by atoms with Crippen LogP contribution in [0.25, 0.3) is 0 Å². The Labute approximate surface area is 204 Å². The van der Waals surface area contributed by atoms with Crippen LogP contribution in [-0.4, -0.2) is 22.6 Å². The number of hydrogen-bond acceptors (Lipinski definition) is 5. The molecule has 2 aromatic heterocycles. The lowest BCUT2D eigenvalue weighted by Gasteiger charge is -2.12. The molecule has 1 aromatic carbocycles. The summed E-state index contributed by atoms with van der Waals surface area (Å²) in [5.74, 6) is 2.25. The van der Waals surface area contributed by atoms with Gasteiger partial charge < -0.3 is 19.9 Å². The summed E-state index contributed by atoms with van der Waals surface area (Å²) in [6.45, 7) is 7.92. The van der Waals surface area contributed by atoms with Gasteiger partial charge in [0, 0.05) is 37.3 Å². The summed E-state index contributed by atoms with van der Waals surface area (Å²) < 4.78 is 24.2. The van der Waals surface area contributed by atoms with Crippen LogP contribution in [0.15, 0.2) is 52.1 Å². The van der Waals surface area contributed by atoms with Gasteiger partial charge in [-0.1, -0.05) is 19.0 Å². The maximum atomic E-state index is 13.1. The molecule has 0 unspecified atom stereocenters. The molecule has 0 bridgehead atoms. The molecule has 3 aromatic rings. The number of hydrogen-bond donors (Lipinski definition) is 2. The lowest BCUT2D eigenvalue weighted by molar-refractivity contribution is 0.380. The highest BCUT2D eigenvalue weighted by atomic mass is 127. The lowest BCUT2D eigenvalue weighted by atomic mass is 10.1. The molecule has 0 radical (unpaired) electrons. The average molecular weight is 553 g/mol. The van der Waals surface area contributed by atoms with Crippen LogP contribution in [0.4, 0.5) is 4.39 Å². The van der Waals surface area contributed by atoms with Crippen molar-refractivity contribution in [2.75, 3.05) is 6.54 Å². The number of benzene rings is 1. The van der Waals surface area contributed by atoms with Crippen LogP contribution in [0.1, 0.15) is 43.4 Å². The minimum atomic E-state index is -0.310. The van der Waals surface area contributed by atoms with Gasteiger partial charge in [0.1, 0.15) is 17.3 Å². The summed E-state index contributed by atoms with van der Waals surface area (Å²) in [7, 11) is 0. The summed E-state index contributed by atoms with van der Waals surface area (Å²) in [4.78, 5) is 8.88. The molecule has 172 valence electrons. The molecular formula is C23H29FIN5O2. The van der Waals surface area contributed by atoms with E-state index in [0.717, 1.165) is 42.0 Å². The third kappa shape index (κ3) is 7.18. The molecule has 0 spiro atoms. The smallest absolute Gasteiger partial charge is 0.219 e. The molecule has 0 saturated heterocycles. The normalized spacial score (nSPS) is 11.1. The minimum Gasteiger partial charge on any atom is -0.439 e. The Balaban J connectivity index is 0.00000363. The van der Waals surface area contributed by atoms with Crippen molar-refractivity contribution in [3.8, 4) is 11.6 Å². The van der Waals surface area contributed by atoms with Crippen molar-refractivity contribution in [3.05, 3.63) is 71.0 Å². The van der Waals surface area contributed by atoms with Gasteiger partial charge in [0.2, 0.25) is 5.88 Å². The number of halogens is 2. The van der Waals surface area contributed by atoms with Crippen molar-refractivity contribution >= 4 is 29.9 Å². The summed E-state index contributed by atoms with van der Waals surface area (Å²) in [6.07, 6.45) is 3.29. The fourth-order valence-electron chi connectivity index (χ4n) is 3.05. The van der Waals surface area contributed by atoms with Crippen molar-refractivity contribution in [3.63, 3.8) is 0 Å². The van der Waals surface area contributed by atoms with Crippen molar-refractivity contribution < 1.29 is 13.7 Å². The maximum absolute atomic E-state index is 13.1. The van der Waals surface area contributed by atoms with E-state index in [2.05, 4.69) is 39.6 Å².